The average Bonchev–Trinajstić information content (AvgIpc) is 2.59. The maximum absolute atomic E-state index is 12.3. The molecule has 0 bridgehead atoms. The first-order valence-corrected chi connectivity index (χ1v) is 10.2. The predicted molar refractivity (Wildman–Crippen MR) is 103 cm³/mol. The summed E-state index contributed by atoms with van der Waals surface area (Å²) in [5, 5.41) is 2.75. The van der Waals surface area contributed by atoms with Gasteiger partial charge in [0, 0.05) is 12.6 Å². The van der Waals surface area contributed by atoms with Crippen molar-refractivity contribution < 1.29 is 17.9 Å². The van der Waals surface area contributed by atoms with Gasteiger partial charge in [0.25, 0.3) is 0 Å². The van der Waals surface area contributed by atoms with E-state index in [0.717, 1.165) is 21.7 Å². The topological polar surface area (TPSA) is 75.7 Å². The SMILES string of the molecule is CCOc1cccc(N(CC(=O)NCc2ccc(C)cc2)S(C)(=O)=O)c1. The van der Waals surface area contributed by atoms with Gasteiger partial charge in [-0.2, -0.15) is 0 Å². The van der Waals surface area contributed by atoms with Crippen LogP contribution in [0.15, 0.2) is 48.5 Å². The zero-order chi connectivity index (χ0) is 19.2. The normalized spacial score (nSPS) is 11.0. The van der Waals surface area contributed by atoms with E-state index in [9.17, 15) is 13.2 Å². The molecule has 26 heavy (non-hydrogen) atoms. The minimum Gasteiger partial charge on any atom is -0.494 e. The highest BCUT2D eigenvalue weighted by atomic mass is 32.2. The van der Waals surface area contributed by atoms with Crippen LogP contribution >= 0.6 is 0 Å². The molecule has 0 spiro atoms. The van der Waals surface area contributed by atoms with Crippen molar-refractivity contribution in [1.82, 2.24) is 5.32 Å². The number of hydrogen-bond donors (Lipinski definition) is 1. The van der Waals surface area contributed by atoms with Crippen molar-refractivity contribution in [2.75, 3.05) is 23.7 Å². The van der Waals surface area contributed by atoms with Crippen LogP contribution in [0.3, 0.4) is 0 Å². The minimum atomic E-state index is -3.62. The average molecular weight is 376 g/mol. The Kier molecular flexibility index (Phi) is 6.63. The number of carbonyl (C=O) groups is 1. The molecule has 140 valence electrons. The van der Waals surface area contributed by atoms with Gasteiger partial charge in [0.2, 0.25) is 15.9 Å². The standard InChI is InChI=1S/C19H24N2O4S/c1-4-25-18-7-5-6-17(12-18)21(26(3,23)24)14-19(22)20-13-16-10-8-15(2)9-11-16/h5-12H,4,13-14H2,1-3H3,(H,20,22). The number of amides is 1. The van der Waals surface area contributed by atoms with Gasteiger partial charge < -0.3 is 10.1 Å². The smallest absolute Gasteiger partial charge is 0.241 e. The second-order valence-corrected chi connectivity index (χ2v) is 7.87. The van der Waals surface area contributed by atoms with E-state index in [1.165, 1.54) is 0 Å². The van der Waals surface area contributed by atoms with Crippen molar-refractivity contribution in [3.05, 3.63) is 59.7 Å². The van der Waals surface area contributed by atoms with Gasteiger partial charge in [-0.05, 0) is 31.5 Å². The zero-order valence-corrected chi connectivity index (χ0v) is 16.0. The second kappa shape index (κ2) is 8.71. The van der Waals surface area contributed by atoms with E-state index in [-0.39, 0.29) is 12.5 Å². The molecule has 0 aliphatic carbocycles. The fourth-order valence-electron chi connectivity index (χ4n) is 2.39. The van der Waals surface area contributed by atoms with Crippen LogP contribution in [0, 0.1) is 6.92 Å². The lowest BCUT2D eigenvalue weighted by molar-refractivity contribution is -0.119. The molecule has 0 saturated carbocycles. The minimum absolute atomic E-state index is 0.291. The van der Waals surface area contributed by atoms with Crippen LogP contribution in [0.25, 0.3) is 0 Å². The number of benzene rings is 2. The maximum Gasteiger partial charge on any atom is 0.241 e. The molecule has 0 saturated heterocycles. The van der Waals surface area contributed by atoms with E-state index in [0.29, 0.717) is 24.6 Å². The third-order valence-corrected chi connectivity index (χ3v) is 4.86. The van der Waals surface area contributed by atoms with Gasteiger partial charge in [-0.3, -0.25) is 9.10 Å². The quantitative estimate of drug-likeness (QED) is 0.768. The first-order valence-electron chi connectivity index (χ1n) is 8.32. The van der Waals surface area contributed by atoms with Crippen LogP contribution in [-0.2, 0) is 21.4 Å². The second-order valence-electron chi connectivity index (χ2n) is 5.96. The number of nitrogens with one attached hydrogen (secondary N) is 1. The number of rotatable bonds is 8. The van der Waals surface area contributed by atoms with Crippen LogP contribution in [0.4, 0.5) is 5.69 Å². The molecule has 0 atom stereocenters. The number of aryl methyl sites for hydroxylation is 1. The summed E-state index contributed by atoms with van der Waals surface area (Å²) < 4.78 is 30.8. The summed E-state index contributed by atoms with van der Waals surface area (Å²) in [4.78, 5) is 12.3. The Hall–Kier alpha value is -2.54. The Morgan fingerprint density at radius 2 is 1.85 bits per heavy atom. The lowest BCUT2D eigenvalue weighted by atomic mass is 10.1. The van der Waals surface area contributed by atoms with Gasteiger partial charge in [-0.25, -0.2) is 8.42 Å². The monoisotopic (exact) mass is 376 g/mol. The summed E-state index contributed by atoms with van der Waals surface area (Å²) in [7, 11) is -3.62. The van der Waals surface area contributed by atoms with Crippen molar-refractivity contribution in [2.24, 2.45) is 0 Å². The maximum atomic E-state index is 12.3. The molecule has 0 aromatic heterocycles. The first kappa shape index (κ1) is 19.8. The van der Waals surface area contributed by atoms with Crippen molar-refractivity contribution in [1.29, 1.82) is 0 Å². The Bertz CT molecular complexity index is 848. The van der Waals surface area contributed by atoms with E-state index >= 15 is 0 Å². The summed E-state index contributed by atoms with van der Waals surface area (Å²) in [6.45, 7) is 4.36. The summed E-state index contributed by atoms with van der Waals surface area (Å²) >= 11 is 0. The first-order chi connectivity index (χ1) is 12.3. The van der Waals surface area contributed by atoms with Crippen LogP contribution in [0.2, 0.25) is 0 Å². The lowest BCUT2D eigenvalue weighted by Gasteiger charge is -2.22. The summed E-state index contributed by atoms with van der Waals surface area (Å²) in [6, 6.07) is 14.5. The molecule has 0 fully saturated rings. The van der Waals surface area contributed by atoms with Crippen molar-refractivity contribution in [3.63, 3.8) is 0 Å². The molecule has 0 heterocycles. The summed E-state index contributed by atoms with van der Waals surface area (Å²) in [5.74, 6) is 0.177. The van der Waals surface area contributed by atoms with Crippen LogP contribution < -0.4 is 14.4 Å². The molecule has 6 nitrogen and oxygen atoms in total. The fraction of sp³-hybridized carbons (Fsp3) is 0.316. The molecule has 0 aliphatic rings. The van der Waals surface area contributed by atoms with Crippen molar-refractivity contribution >= 4 is 21.6 Å². The summed E-state index contributed by atoms with van der Waals surface area (Å²) in [6.07, 6.45) is 1.08. The van der Waals surface area contributed by atoms with E-state index in [4.69, 9.17) is 4.74 Å². The molecule has 0 aliphatic heterocycles. The molecular formula is C19H24N2O4S. The van der Waals surface area contributed by atoms with Gasteiger partial charge in [0.15, 0.2) is 0 Å². The molecule has 7 heteroatoms. The number of ether oxygens (including phenoxy) is 1. The third kappa shape index (κ3) is 5.77. The Morgan fingerprint density at radius 1 is 1.15 bits per heavy atom. The van der Waals surface area contributed by atoms with Gasteiger partial charge in [-0.1, -0.05) is 35.9 Å². The highest BCUT2D eigenvalue weighted by Gasteiger charge is 2.21. The zero-order valence-electron chi connectivity index (χ0n) is 15.2. The summed E-state index contributed by atoms with van der Waals surface area (Å²) in [5.41, 5.74) is 2.48. The Morgan fingerprint density at radius 3 is 2.46 bits per heavy atom. The van der Waals surface area contributed by atoms with Crippen LogP contribution in [-0.4, -0.2) is 33.7 Å². The van der Waals surface area contributed by atoms with Crippen molar-refractivity contribution in [3.8, 4) is 5.75 Å². The number of hydrogen-bond acceptors (Lipinski definition) is 4. The highest BCUT2D eigenvalue weighted by Crippen LogP contribution is 2.23. The van der Waals surface area contributed by atoms with E-state index in [1.54, 1.807) is 24.3 Å². The molecule has 1 N–H and O–H groups in total. The fourth-order valence-corrected chi connectivity index (χ4v) is 3.24. The Labute approximate surface area is 154 Å². The van der Waals surface area contributed by atoms with E-state index in [2.05, 4.69) is 5.32 Å². The largest absolute Gasteiger partial charge is 0.494 e. The van der Waals surface area contributed by atoms with Gasteiger partial charge in [0.1, 0.15) is 12.3 Å². The highest BCUT2D eigenvalue weighted by molar-refractivity contribution is 7.92. The number of nitrogens with zero attached hydrogens (tertiary/aromatic N) is 1. The van der Waals surface area contributed by atoms with Gasteiger partial charge in [0.05, 0.1) is 18.6 Å². The number of carbonyl (C=O) groups excluding carboxylic acids is 1. The molecule has 2 aromatic rings. The van der Waals surface area contributed by atoms with E-state index in [1.807, 2.05) is 38.1 Å². The molecular weight excluding hydrogens is 352 g/mol. The molecule has 1 amide bonds. The number of sulfonamides is 1. The van der Waals surface area contributed by atoms with Gasteiger partial charge in [-0.15, -0.1) is 0 Å². The molecule has 0 radical (unpaired) electrons. The molecule has 0 unspecified atom stereocenters. The van der Waals surface area contributed by atoms with Crippen molar-refractivity contribution in [2.45, 2.75) is 20.4 Å². The lowest BCUT2D eigenvalue weighted by Crippen LogP contribution is -2.40. The van der Waals surface area contributed by atoms with Crippen LogP contribution in [0.5, 0.6) is 5.75 Å². The van der Waals surface area contributed by atoms with Crippen LogP contribution in [0.1, 0.15) is 18.1 Å². The Balaban J connectivity index is 2.09. The third-order valence-electron chi connectivity index (χ3n) is 3.71. The predicted octanol–water partition coefficient (Wildman–Crippen LogP) is 2.48. The molecule has 2 rings (SSSR count). The van der Waals surface area contributed by atoms with E-state index < -0.39 is 10.0 Å². The number of anilines is 1. The van der Waals surface area contributed by atoms with Gasteiger partial charge >= 0.3 is 0 Å². The molecule has 2 aromatic carbocycles.